The molecule has 0 spiro atoms. The van der Waals surface area contributed by atoms with E-state index in [4.69, 9.17) is 0 Å². The molecule has 0 radical (unpaired) electrons. The van der Waals surface area contributed by atoms with E-state index in [-0.39, 0.29) is 5.92 Å². The van der Waals surface area contributed by atoms with Gasteiger partial charge in [-0.1, -0.05) is 6.42 Å². The number of likely N-dealkylation sites (tertiary alicyclic amines) is 1. The number of hydrogen-bond acceptors (Lipinski definition) is 3. The Morgan fingerprint density at radius 2 is 2.12 bits per heavy atom. The fourth-order valence-electron chi connectivity index (χ4n) is 2.33. The normalized spacial score (nSPS) is 19.1. The Morgan fingerprint density at radius 1 is 1.41 bits per heavy atom. The van der Waals surface area contributed by atoms with Gasteiger partial charge in [0.15, 0.2) is 0 Å². The third-order valence-corrected chi connectivity index (χ3v) is 4.41. The molecule has 0 bridgehead atoms. The van der Waals surface area contributed by atoms with E-state index in [0.717, 1.165) is 18.0 Å². The lowest BCUT2D eigenvalue weighted by Gasteiger charge is -2.28. The van der Waals surface area contributed by atoms with Crippen LogP contribution in [0.15, 0.2) is 12.1 Å². The van der Waals surface area contributed by atoms with Crippen LogP contribution in [0.1, 0.15) is 34.9 Å². The van der Waals surface area contributed by atoms with Crippen molar-refractivity contribution < 1.29 is 9.90 Å². The quantitative estimate of drug-likeness (QED) is 0.897. The molecule has 1 atom stereocenters. The summed E-state index contributed by atoms with van der Waals surface area (Å²) in [5.74, 6) is -1.05. The average Bonchev–Trinajstić information content (AvgIpc) is 2.73. The maximum absolute atomic E-state index is 11.4. The predicted molar refractivity (Wildman–Crippen MR) is 69.7 cm³/mol. The van der Waals surface area contributed by atoms with Crippen LogP contribution in [0.5, 0.6) is 0 Å². The molecule has 1 saturated heterocycles. The second kappa shape index (κ2) is 5.65. The van der Waals surface area contributed by atoms with Crippen molar-refractivity contribution >= 4 is 17.3 Å². The zero-order valence-corrected chi connectivity index (χ0v) is 11.0. The van der Waals surface area contributed by atoms with E-state index in [9.17, 15) is 9.90 Å². The molecule has 0 saturated carbocycles. The SMILES string of the molecule is Cc1ccc(C(CN2CCCCC2)C(=O)O)s1. The van der Waals surface area contributed by atoms with Gasteiger partial charge in [0.25, 0.3) is 0 Å². The van der Waals surface area contributed by atoms with E-state index in [1.165, 1.54) is 24.1 Å². The molecule has 1 aliphatic heterocycles. The summed E-state index contributed by atoms with van der Waals surface area (Å²) in [7, 11) is 0. The van der Waals surface area contributed by atoms with Crippen molar-refractivity contribution in [1.29, 1.82) is 0 Å². The fraction of sp³-hybridized carbons (Fsp3) is 0.615. The number of piperidine rings is 1. The molecule has 1 unspecified atom stereocenters. The molecule has 1 aliphatic rings. The van der Waals surface area contributed by atoms with Gasteiger partial charge in [0.1, 0.15) is 5.92 Å². The second-order valence-electron chi connectivity index (χ2n) is 4.70. The third-order valence-electron chi connectivity index (χ3n) is 3.29. The molecule has 1 aromatic heterocycles. The van der Waals surface area contributed by atoms with Gasteiger partial charge in [-0.25, -0.2) is 0 Å². The topological polar surface area (TPSA) is 40.5 Å². The van der Waals surface area contributed by atoms with Crippen molar-refractivity contribution in [2.75, 3.05) is 19.6 Å². The molecule has 1 fully saturated rings. The summed E-state index contributed by atoms with van der Waals surface area (Å²) in [6.45, 7) is 4.78. The summed E-state index contributed by atoms with van der Waals surface area (Å²) in [6, 6.07) is 3.97. The molecular formula is C13H19NO2S. The third kappa shape index (κ3) is 3.30. The standard InChI is InChI=1S/C13H19NO2S/c1-10-5-6-12(17-10)11(13(15)16)9-14-7-3-2-4-8-14/h5-6,11H,2-4,7-9H2,1H3,(H,15,16). The van der Waals surface area contributed by atoms with E-state index in [1.807, 2.05) is 19.1 Å². The van der Waals surface area contributed by atoms with Gasteiger partial charge in [-0.3, -0.25) is 4.79 Å². The summed E-state index contributed by atoms with van der Waals surface area (Å²) >= 11 is 1.61. The Kier molecular flexibility index (Phi) is 4.18. The minimum atomic E-state index is -0.697. The highest BCUT2D eigenvalue weighted by Gasteiger charge is 2.25. The maximum atomic E-state index is 11.4. The lowest BCUT2D eigenvalue weighted by atomic mass is 10.0. The van der Waals surface area contributed by atoms with Crippen molar-refractivity contribution in [2.24, 2.45) is 0 Å². The first kappa shape index (κ1) is 12.6. The van der Waals surface area contributed by atoms with Gasteiger partial charge in [0, 0.05) is 16.3 Å². The van der Waals surface area contributed by atoms with Crippen LogP contribution in [0.2, 0.25) is 0 Å². The van der Waals surface area contributed by atoms with Gasteiger partial charge in [0.05, 0.1) is 0 Å². The predicted octanol–water partition coefficient (Wildman–Crippen LogP) is 2.71. The van der Waals surface area contributed by atoms with Gasteiger partial charge < -0.3 is 10.0 Å². The zero-order valence-electron chi connectivity index (χ0n) is 10.2. The van der Waals surface area contributed by atoms with Crippen LogP contribution < -0.4 is 0 Å². The van der Waals surface area contributed by atoms with E-state index < -0.39 is 5.97 Å². The van der Waals surface area contributed by atoms with Crippen LogP contribution in [-0.2, 0) is 4.79 Å². The minimum Gasteiger partial charge on any atom is -0.481 e. The van der Waals surface area contributed by atoms with Gasteiger partial charge >= 0.3 is 5.97 Å². The second-order valence-corrected chi connectivity index (χ2v) is 6.02. The maximum Gasteiger partial charge on any atom is 0.313 e. The van der Waals surface area contributed by atoms with Crippen LogP contribution in [0.25, 0.3) is 0 Å². The van der Waals surface area contributed by atoms with Crippen molar-refractivity contribution in [3.63, 3.8) is 0 Å². The molecule has 2 heterocycles. The van der Waals surface area contributed by atoms with Crippen LogP contribution in [0.4, 0.5) is 0 Å². The van der Waals surface area contributed by atoms with Gasteiger partial charge in [0.2, 0.25) is 0 Å². The first-order valence-corrected chi connectivity index (χ1v) is 7.00. The number of nitrogens with zero attached hydrogens (tertiary/aromatic N) is 1. The van der Waals surface area contributed by atoms with E-state index in [0.29, 0.717) is 6.54 Å². The Bertz CT molecular complexity index is 383. The summed E-state index contributed by atoms with van der Waals surface area (Å²) < 4.78 is 0. The van der Waals surface area contributed by atoms with Gasteiger partial charge in [-0.05, 0) is 45.0 Å². The number of carbonyl (C=O) groups is 1. The summed E-state index contributed by atoms with van der Waals surface area (Å²) in [6.07, 6.45) is 3.69. The first-order chi connectivity index (χ1) is 8.16. The zero-order chi connectivity index (χ0) is 12.3. The van der Waals surface area contributed by atoms with Gasteiger partial charge in [-0.15, -0.1) is 11.3 Å². The number of rotatable bonds is 4. The lowest BCUT2D eigenvalue weighted by molar-refractivity contribution is -0.139. The average molecular weight is 253 g/mol. The number of aliphatic carboxylic acids is 1. The molecule has 0 amide bonds. The van der Waals surface area contributed by atoms with Crippen molar-refractivity contribution in [3.8, 4) is 0 Å². The summed E-state index contributed by atoms with van der Waals surface area (Å²) in [5, 5.41) is 9.35. The molecule has 0 aliphatic carbocycles. The van der Waals surface area contributed by atoms with E-state index >= 15 is 0 Å². The Hall–Kier alpha value is -0.870. The minimum absolute atomic E-state index is 0.355. The number of aryl methyl sites for hydroxylation is 1. The van der Waals surface area contributed by atoms with E-state index in [1.54, 1.807) is 11.3 Å². The van der Waals surface area contributed by atoms with Crippen LogP contribution in [-0.4, -0.2) is 35.6 Å². The van der Waals surface area contributed by atoms with Crippen LogP contribution in [0, 0.1) is 6.92 Å². The molecule has 3 nitrogen and oxygen atoms in total. The first-order valence-electron chi connectivity index (χ1n) is 6.18. The molecule has 1 aromatic rings. The molecule has 17 heavy (non-hydrogen) atoms. The highest BCUT2D eigenvalue weighted by molar-refractivity contribution is 7.12. The molecule has 1 N–H and O–H groups in total. The Morgan fingerprint density at radius 3 is 2.65 bits per heavy atom. The summed E-state index contributed by atoms with van der Waals surface area (Å²) in [5.41, 5.74) is 0. The van der Waals surface area contributed by atoms with Crippen LogP contribution in [0.3, 0.4) is 0 Å². The molecule has 0 aromatic carbocycles. The van der Waals surface area contributed by atoms with Crippen molar-refractivity contribution in [1.82, 2.24) is 4.90 Å². The fourth-order valence-corrected chi connectivity index (χ4v) is 3.29. The van der Waals surface area contributed by atoms with Crippen molar-refractivity contribution in [2.45, 2.75) is 32.1 Å². The monoisotopic (exact) mass is 253 g/mol. The number of thiophene rings is 1. The summed E-state index contributed by atoms with van der Waals surface area (Å²) in [4.78, 5) is 15.8. The lowest BCUT2D eigenvalue weighted by Crippen LogP contribution is -2.35. The van der Waals surface area contributed by atoms with Gasteiger partial charge in [-0.2, -0.15) is 0 Å². The smallest absolute Gasteiger partial charge is 0.313 e. The Labute approximate surface area is 106 Å². The van der Waals surface area contributed by atoms with Crippen LogP contribution >= 0.6 is 11.3 Å². The molecule has 94 valence electrons. The van der Waals surface area contributed by atoms with E-state index in [2.05, 4.69) is 4.90 Å². The Balaban J connectivity index is 2.04. The number of carboxylic acids is 1. The highest BCUT2D eigenvalue weighted by Crippen LogP contribution is 2.26. The molecular weight excluding hydrogens is 234 g/mol. The molecule has 2 rings (SSSR count). The number of hydrogen-bond donors (Lipinski definition) is 1. The largest absolute Gasteiger partial charge is 0.481 e. The highest BCUT2D eigenvalue weighted by atomic mass is 32.1. The molecule has 4 heteroatoms. The number of carboxylic acid groups (broad SMARTS) is 1. The van der Waals surface area contributed by atoms with Crippen molar-refractivity contribution in [3.05, 3.63) is 21.9 Å².